The second-order valence-electron chi connectivity index (χ2n) is 4.72. The summed E-state index contributed by atoms with van der Waals surface area (Å²) >= 11 is 10.9. The van der Waals surface area contributed by atoms with E-state index in [0.717, 1.165) is 33.9 Å². The van der Waals surface area contributed by atoms with E-state index < -0.39 is 0 Å². The molecule has 6 heteroatoms. The molecule has 2 rings (SSSR count). The fourth-order valence-electron chi connectivity index (χ4n) is 2.18. The summed E-state index contributed by atoms with van der Waals surface area (Å²) in [6.45, 7) is 2.93. The maximum atomic E-state index is 4.41. The molecule has 0 atom stereocenters. The molecule has 2 aromatic rings. The third kappa shape index (κ3) is 3.34. The Bertz CT molecular complexity index is 547. The van der Waals surface area contributed by atoms with Crippen LogP contribution >= 0.6 is 47.8 Å². The zero-order valence-corrected chi connectivity index (χ0v) is 15.9. The van der Waals surface area contributed by atoms with E-state index in [9.17, 15) is 0 Å². The predicted molar refractivity (Wildman–Crippen MR) is 92.8 cm³/mol. The minimum Gasteiger partial charge on any atom is -0.250 e. The maximum absolute atomic E-state index is 4.41. The Hall–Kier alpha value is -0.200. The van der Waals surface area contributed by atoms with Crippen LogP contribution < -0.4 is 0 Å². The molecule has 0 radical (unpaired) electrons. The quantitative estimate of drug-likeness (QED) is 0.594. The molecule has 0 fully saturated rings. The Morgan fingerprint density at radius 3 is 2.35 bits per heavy atom. The first-order valence-corrected chi connectivity index (χ1v) is 9.43. The number of benzene rings is 1. The van der Waals surface area contributed by atoms with Crippen LogP contribution in [0, 0.1) is 0 Å². The van der Waals surface area contributed by atoms with E-state index in [1.54, 1.807) is 6.33 Å². The van der Waals surface area contributed by atoms with Gasteiger partial charge >= 0.3 is 0 Å². The average molecular weight is 466 g/mol. The summed E-state index contributed by atoms with van der Waals surface area (Å²) in [6.07, 6.45) is 2.48. The molecule has 0 unspecified atom stereocenters. The summed E-state index contributed by atoms with van der Waals surface area (Å²) in [7, 11) is 0. The molecule has 0 aliphatic rings. The fraction of sp³-hybridized carbons (Fsp3) is 0.429. The number of hydrogen-bond acceptors (Lipinski definition) is 2. The van der Waals surface area contributed by atoms with Crippen molar-refractivity contribution in [1.82, 2.24) is 14.8 Å². The first kappa shape index (κ1) is 16.2. The van der Waals surface area contributed by atoms with Gasteiger partial charge in [-0.1, -0.05) is 59.9 Å². The van der Waals surface area contributed by atoms with Crippen molar-refractivity contribution in [2.24, 2.45) is 0 Å². The summed E-state index contributed by atoms with van der Waals surface area (Å²) in [6, 6.07) is 8.50. The lowest BCUT2D eigenvalue weighted by molar-refractivity contribution is 0.500. The summed E-state index contributed by atoms with van der Waals surface area (Å²) in [5, 5.41) is 5.99. The van der Waals surface area contributed by atoms with Crippen molar-refractivity contribution in [2.45, 2.75) is 25.3 Å². The van der Waals surface area contributed by atoms with Gasteiger partial charge in [-0.15, -0.1) is 0 Å². The standard InChI is InChI=1S/C14H16Br3N3/c1-2-20-13(18-10-19-20)7-14(8-15,9-16)11-3-5-12(17)6-4-11/h3-6,10H,2,7-9H2,1H3. The highest BCUT2D eigenvalue weighted by Crippen LogP contribution is 2.33. The van der Waals surface area contributed by atoms with Gasteiger partial charge in [0, 0.05) is 33.5 Å². The molecule has 0 bridgehead atoms. The van der Waals surface area contributed by atoms with E-state index in [0.29, 0.717) is 0 Å². The van der Waals surface area contributed by atoms with Crippen LogP contribution in [-0.2, 0) is 18.4 Å². The second kappa shape index (κ2) is 7.18. The lowest BCUT2D eigenvalue weighted by Crippen LogP contribution is -2.34. The van der Waals surface area contributed by atoms with Crippen molar-refractivity contribution in [3.63, 3.8) is 0 Å². The highest BCUT2D eigenvalue weighted by molar-refractivity contribution is 9.10. The van der Waals surface area contributed by atoms with Gasteiger partial charge in [0.15, 0.2) is 0 Å². The van der Waals surface area contributed by atoms with Gasteiger partial charge in [0.2, 0.25) is 0 Å². The minimum absolute atomic E-state index is 0.0271. The summed E-state index contributed by atoms with van der Waals surface area (Å²) in [4.78, 5) is 4.41. The highest BCUT2D eigenvalue weighted by Gasteiger charge is 2.32. The van der Waals surface area contributed by atoms with Crippen molar-refractivity contribution in [3.8, 4) is 0 Å². The van der Waals surface area contributed by atoms with Crippen molar-refractivity contribution >= 4 is 47.8 Å². The molecule has 0 spiro atoms. The van der Waals surface area contributed by atoms with E-state index in [1.165, 1.54) is 5.56 Å². The van der Waals surface area contributed by atoms with Gasteiger partial charge in [-0.25, -0.2) is 4.98 Å². The number of aromatic nitrogens is 3. The van der Waals surface area contributed by atoms with Crippen LogP contribution in [0.1, 0.15) is 18.3 Å². The van der Waals surface area contributed by atoms with Crippen LogP contribution in [0.4, 0.5) is 0 Å². The first-order chi connectivity index (χ1) is 9.65. The first-order valence-electron chi connectivity index (χ1n) is 6.40. The van der Waals surface area contributed by atoms with Gasteiger partial charge in [-0.3, -0.25) is 4.68 Å². The SMILES string of the molecule is CCn1ncnc1CC(CBr)(CBr)c1ccc(Br)cc1. The lowest BCUT2D eigenvalue weighted by Gasteiger charge is -2.30. The van der Waals surface area contributed by atoms with Gasteiger partial charge in [0.25, 0.3) is 0 Å². The summed E-state index contributed by atoms with van der Waals surface area (Å²) < 4.78 is 3.05. The molecule has 0 saturated carbocycles. The average Bonchev–Trinajstić information content (AvgIpc) is 2.93. The number of nitrogens with zero attached hydrogens (tertiary/aromatic N) is 3. The van der Waals surface area contributed by atoms with E-state index in [4.69, 9.17) is 0 Å². The normalized spacial score (nSPS) is 11.8. The van der Waals surface area contributed by atoms with E-state index >= 15 is 0 Å². The fourth-order valence-corrected chi connectivity index (χ4v) is 4.42. The Kier molecular flexibility index (Phi) is 5.81. The molecule has 0 aliphatic carbocycles. The van der Waals surface area contributed by atoms with Gasteiger partial charge in [-0.2, -0.15) is 5.10 Å². The van der Waals surface area contributed by atoms with Crippen LogP contribution in [0.15, 0.2) is 35.1 Å². The molecule has 1 heterocycles. The summed E-state index contributed by atoms with van der Waals surface area (Å²) in [5.74, 6) is 1.02. The molecule has 1 aromatic carbocycles. The van der Waals surface area contributed by atoms with Gasteiger partial charge in [0.1, 0.15) is 12.2 Å². The van der Waals surface area contributed by atoms with E-state index in [2.05, 4.69) is 89.1 Å². The van der Waals surface area contributed by atoms with Gasteiger partial charge < -0.3 is 0 Å². The number of halogens is 3. The largest absolute Gasteiger partial charge is 0.250 e. The second-order valence-corrected chi connectivity index (χ2v) is 6.76. The molecule has 0 N–H and O–H groups in total. The monoisotopic (exact) mass is 463 g/mol. The lowest BCUT2D eigenvalue weighted by atomic mass is 9.81. The van der Waals surface area contributed by atoms with E-state index in [1.807, 2.05) is 4.68 Å². The molecule has 20 heavy (non-hydrogen) atoms. The maximum Gasteiger partial charge on any atom is 0.138 e. The molecule has 108 valence electrons. The number of hydrogen-bond donors (Lipinski definition) is 0. The van der Waals surface area contributed by atoms with Crippen molar-refractivity contribution in [2.75, 3.05) is 10.7 Å². The van der Waals surface area contributed by atoms with Crippen molar-refractivity contribution in [1.29, 1.82) is 0 Å². The predicted octanol–water partition coefficient (Wildman–Crippen LogP) is 4.33. The Labute approximate surface area is 144 Å². The van der Waals surface area contributed by atoms with Crippen LogP contribution in [-0.4, -0.2) is 25.4 Å². The third-order valence-corrected chi connectivity index (χ3v) is 6.14. The number of rotatable bonds is 6. The molecule has 0 saturated heterocycles. The Morgan fingerprint density at radius 2 is 1.80 bits per heavy atom. The Morgan fingerprint density at radius 1 is 1.15 bits per heavy atom. The molecule has 3 nitrogen and oxygen atoms in total. The zero-order chi connectivity index (χ0) is 14.6. The summed E-state index contributed by atoms with van der Waals surface area (Å²) in [5.41, 5.74) is 1.26. The van der Waals surface area contributed by atoms with Crippen molar-refractivity contribution < 1.29 is 0 Å². The topological polar surface area (TPSA) is 30.7 Å². The van der Waals surface area contributed by atoms with Crippen LogP contribution in [0.5, 0.6) is 0 Å². The molecular formula is C14H16Br3N3. The highest BCUT2D eigenvalue weighted by atomic mass is 79.9. The molecular weight excluding hydrogens is 450 g/mol. The van der Waals surface area contributed by atoms with Crippen LogP contribution in [0.2, 0.25) is 0 Å². The van der Waals surface area contributed by atoms with Gasteiger partial charge in [0.05, 0.1) is 0 Å². The smallest absolute Gasteiger partial charge is 0.138 e. The van der Waals surface area contributed by atoms with Crippen LogP contribution in [0.3, 0.4) is 0 Å². The number of alkyl halides is 2. The van der Waals surface area contributed by atoms with E-state index in [-0.39, 0.29) is 5.41 Å². The van der Waals surface area contributed by atoms with Gasteiger partial charge in [-0.05, 0) is 24.6 Å². The van der Waals surface area contributed by atoms with Crippen molar-refractivity contribution in [3.05, 3.63) is 46.5 Å². The minimum atomic E-state index is -0.0271. The molecule has 0 amide bonds. The Balaban J connectivity index is 2.36. The van der Waals surface area contributed by atoms with Crippen LogP contribution in [0.25, 0.3) is 0 Å². The molecule has 1 aromatic heterocycles. The third-order valence-electron chi connectivity index (χ3n) is 3.46. The zero-order valence-electron chi connectivity index (χ0n) is 11.2. The molecule has 0 aliphatic heterocycles. The number of aryl methyl sites for hydroxylation is 1.